The number of piperidine rings is 1. The zero-order chi connectivity index (χ0) is 21.2. The Labute approximate surface area is 180 Å². The standard InChI is InChI=1S/C25H34N4O/c1-4-17-30-24-12-8-7-10-21(24)18-27-25(26-3)28-23-13-15-29(16-14-23)19-22-11-6-5-9-20(22)2/h4-12,23H,1,13-19H2,2-3H3,(H2,26,27,28). The predicted molar refractivity (Wildman–Crippen MR) is 125 cm³/mol. The van der Waals surface area contributed by atoms with Gasteiger partial charge in [0.05, 0.1) is 0 Å². The van der Waals surface area contributed by atoms with E-state index >= 15 is 0 Å². The minimum Gasteiger partial charge on any atom is -0.489 e. The molecule has 1 aliphatic heterocycles. The van der Waals surface area contributed by atoms with Crippen molar-refractivity contribution in [2.75, 3.05) is 26.7 Å². The average molecular weight is 407 g/mol. The molecule has 2 aromatic rings. The highest BCUT2D eigenvalue weighted by Gasteiger charge is 2.20. The minimum atomic E-state index is 0.441. The number of nitrogens with zero attached hydrogens (tertiary/aromatic N) is 2. The first-order valence-electron chi connectivity index (χ1n) is 10.7. The number of para-hydroxylation sites is 1. The molecular formula is C25H34N4O. The molecule has 1 fully saturated rings. The van der Waals surface area contributed by atoms with E-state index in [4.69, 9.17) is 4.74 Å². The van der Waals surface area contributed by atoms with E-state index in [-0.39, 0.29) is 0 Å². The lowest BCUT2D eigenvalue weighted by atomic mass is 10.0. The molecule has 0 bridgehead atoms. The third kappa shape index (κ3) is 6.36. The van der Waals surface area contributed by atoms with E-state index in [1.54, 1.807) is 6.08 Å². The summed E-state index contributed by atoms with van der Waals surface area (Å²) < 4.78 is 5.75. The molecule has 1 saturated heterocycles. The molecule has 0 aliphatic carbocycles. The summed E-state index contributed by atoms with van der Waals surface area (Å²) in [5, 5.41) is 7.02. The summed E-state index contributed by atoms with van der Waals surface area (Å²) in [6.45, 7) is 10.3. The van der Waals surface area contributed by atoms with E-state index in [0.29, 0.717) is 19.2 Å². The minimum absolute atomic E-state index is 0.441. The van der Waals surface area contributed by atoms with E-state index in [2.05, 4.69) is 64.4 Å². The van der Waals surface area contributed by atoms with Crippen molar-refractivity contribution in [2.45, 2.75) is 38.9 Å². The number of likely N-dealkylation sites (tertiary alicyclic amines) is 1. The van der Waals surface area contributed by atoms with Crippen molar-refractivity contribution in [1.29, 1.82) is 0 Å². The van der Waals surface area contributed by atoms with Crippen LogP contribution in [0.2, 0.25) is 0 Å². The number of benzene rings is 2. The highest BCUT2D eigenvalue weighted by Crippen LogP contribution is 2.18. The molecule has 5 nitrogen and oxygen atoms in total. The summed E-state index contributed by atoms with van der Waals surface area (Å²) in [5.74, 6) is 1.72. The van der Waals surface area contributed by atoms with Crippen LogP contribution in [0.5, 0.6) is 5.75 Å². The molecule has 3 rings (SSSR count). The maximum atomic E-state index is 5.75. The number of ether oxygens (including phenoxy) is 1. The van der Waals surface area contributed by atoms with Gasteiger partial charge < -0.3 is 15.4 Å². The molecule has 1 aliphatic rings. The number of aryl methyl sites for hydroxylation is 1. The summed E-state index contributed by atoms with van der Waals surface area (Å²) in [6.07, 6.45) is 3.99. The second-order valence-corrected chi connectivity index (χ2v) is 7.75. The maximum absolute atomic E-state index is 5.75. The van der Waals surface area contributed by atoms with Crippen LogP contribution in [-0.2, 0) is 13.1 Å². The largest absolute Gasteiger partial charge is 0.489 e. The van der Waals surface area contributed by atoms with E-state index < -0.39 is 0 Å². The van der Waals surface area contributed by atoms with Crippen LogP contribution in [-0.4, -0.2) is 43.6 Å². The third-order valence-electron chi connectivity index (χ3n) is 5.58. The average Bonchev–Trinajstić information content (AvgIpc) is 2.78. The molecule has 0 aromatic heterocycles. The van der Waals surface area contributed by atoms with Gasteiger partial charge in [0.15, 0.2) is 5.96 Å². The van der Waals surface area contributed by atoms with Crippen LogP contribution in [0.3, 0.4) is 0 Å². The molecular weight excluding hydrogens is 372 g/mol. The summed E-state index contributed by atoms with van der Waals surface area (Å²) >= 11 is 0. The Balaban J connectivity index is 1.46. The number of rotatable bonds is 8. The van der Waals surface area contributed by atoms with Crippen LogP contribution < -0.4 is 15.4 Å². The fraction of sp³-hybridized carbons (Fsp3) is 0.400. The summed E-state index contributed by atoms with van der Waals surface area (Å²) in [6, 6.07) is 17.2. The zero-order valence-electron chi connectivity index (χ0n) is 18.2. The lowest BCUT2D eigenvalue weighted by molar-refractivity contribution is 0.198. The highest BCUT2D eigenvalue weighted by molar-refractivity contribution is 5.80. The number of nitrogens with one attached hydrogen (secondary N) is 2. The van der Waals surface area contributed by atoms with Gasteiger partial charge in [0.2, 0.25) is 0 Å². The molecule has 30 heavy (non-hydrogen) atoms. The Morgan fingerprint density at radius 1 is 1.13 bits per heavy atom. The van der Waals surface area contributed by atoms with Crippen molar-refractivity contribution in [2.24, 2.45) is 4.99 Å². The molecule has 0 radical (unpaired) electrons. The lowest BCUT2D eigenvalue weighted by Crippen LogP contribution is -2.48. The first-order chi connectivity index (χ1) is 14.7. The second kappa shape index (κ2) is 11.4. The normalized spacial score (nSPS) is 15.6. The van der Waals surface area contributed by atoms with Crippen LogP contribution in [0.25, 0.3) is 0 Å². The van der Waals surface area contributed by atoms with E-state index in [9.17, 15) is 0 Å². The van der Waals surface area contributed by atoms with E-state index in [1.165, 1.54) is 11.1 Å². The molecule has 0 amide bonds. The van der Waals surface area contributed by atoms with Crippen LogP contribution >= 0.6 is 0 Å². The van der Waals surface area contributed by atoms with Gasteiger partial charge in [-0.3, -0.25) is 9.89 Å². The Bertz CT molecular complexity index is 841. The van der Waals surface area contributed by atoms with Crippen LogP contribution in [0.15, 0.2) is 66.2 Å². The lowest BCUT2D eigenvalue weighted by Gasteiger charge is -2.33. The molecule has 2 aromatic carbocycles. The first-order valence-corrected chi connectivity index (χ1v) is 10.7. The zero-order valence-corrected chi connectivity index (χ0v) is 18.2. The second-order valence-electron chi connectivity index (χ2n) is 7.75. The predicted octanol–water partition coefficient (Wildman–Crippen LogP) is 3.89. The summed E-state index contributed by atoms with van der Waals surface area (Å²) in [7, 11) is 1.82. The van der Waals surface area contributed by atoms with Gasteiger partial charge in [-0.1, -0.05) is 55.1 Å². The number of guanidine groups is 1. The summed E-state index contributed by atoms with van der Waals surface area (Å²) in [5.41, 5.74) is 3.91. The van der Waals surface area contributed by atoms with Crippen molar-refractivity contribution in [3.63, 3.8) is 0 Å². The van der Waals surface area contributed by atoms with E-state index in [1.807, 2.05) is 25.2 Å². The van der Waals surface area contributed by atoms with Crippen molar-refractivity contribution in [3.8, 4) is 5.75 Å². The van der Waals surface area contributed by atoms with E-state index in [0.717, 1.165) is 49.7 Å². The fourth-order valence-corrected chi connectivity index (χ4v) is 3.77. The van der Waals surface area contributed by atoms with Crippen LogP contribution in [0, 0.1) is 6.92 Å². The molecule has 2 N–H and O–H groups in total. The molecule has 0 unspecified atom stereocenters. The van der Waals surface area contributed by atoms with Gasteiger partial charge in [0, 0.05) is 44.8 Å². The van der Waals surface area contributed by atoms with Gasteiger partial charge in [-0.25, -0.2) is 0 Å². The SMILES string of the molecule is C=CCOc1ccccc1CNC(=NC)NC1CCN(Cc2ccccc2C)CC1. The fourth-order valence-electron chi connectivity index (χ4n) is 3.77. The van der Waals surface area contributed by atoms with Crippen LogP contribution in [0.4, 0.5) is 0 Å². The van der Waals surface area contributed by atoms with Crippen LogP contribution in [0.1, 0.15) is 29.5 Å². The van der Waals surface area contributed by atoms with Gasteiger partial charge in [-0.05, 0) is 37.0 Å². The summed E-state index contributed by atoms with van der Waals surface area (Å²) in [4.78, 5) is 6.96. The Morgan fingerprint density at radius 2 is 1.83 bits per heavy atom. The Hall–Kier alpha value is -2.79. The molecule has 1 heterocycles. The number of hydrogen-bond acceptors (Lipinski definition) is 3. The monoisotopic (exact) mass is 406 g/mol. The topological polar surface area (TPSA) is 48.9 Å². The molecule has 5 heteroatoms. The van der Waals surface area contributed by atoms with Gasteiger partial charge in [0.1, 0.15) is 12.4 Å². The first kappa shape index (κ1) is 21.9. The number of aliphatic imine (C=N–C) groups is 1. The molecule has 160 valence electrons. The van der Waals surface area contributed by atoms with Crippen molar-refractivity contribution in [1.82, 2.24) is 15.5 Å². The van der Waals surface area contributed by atoms with Crippen molar-refractivity contribution < 1.29 is 4.74 Å². The Morgan fingerprint density at radius 3 is 2.53 bits per heavy atom. The van der Waals surface area contributed by atoms with Gasteiger partial charge in [-0.15, -0.1) is 0 Å². The van der Waals surface area contributed by atoms with Crippen molar-refractivity contribution in [3.05, 3.63) is 77.9 Å². The van der Waals surface area contributed by atoms with Gasteiger partial charge >= 0.3 is 0 Å². The molecule has 0 spiro atoms. The molecule has 0 saturated carbocycles. The third-order valence-corrected chi connectivity index (χ3v) is 5.58. The van der Waals surface area contributed by atoms with Gasteiger partial charge in [-0.2, -0.15) is 0 Å². The van der Waals surface area contributed by atoms with Gasteiger partial charge in [0.25, 0.3) is 0 Å². The molecule has 0 atom stereocenters. The quantitative estimate of drug-likeness (QED) is 0.397. The smallest absolute Gasteiger partial charge is 0.191 e. The highest BCUT2D eigenvalue weighted by atomic mass is 16.5. The maximum Gasteiger partial charge on any atom is 0.191 e. The number of hydrogen-bond donors (Lipinski definition) is 2. The Kier molecular flexibility index (Phi) is 8.33. The van der Waals surface area contributed by atoms with Crippen molar-refractivity contribution >= 4 is 5.96 Å².